The van der Waals surface area contributed by atoms with Gasteiger partial charge in [-0.25, -0.2) is 0 Å². The molecule has 64 valence electrons. The lowest BCUT2D eigenvalue weighted by Gasteiger charge is -2.11. The maximum atomic E-state index is 5.55. The maximum absolute atomic E-state index is 5.55. The van der Waals surface area contributed by atoms with Gasteiger partial charge in [0.25, 0.3) is 0 Å². The van der Waals surface area contributed by atoms with E-state index in [0.29, 0.717) is 0 Å². The van der Waals surface area contributed by atoms with E-state index in [2.05, 4.69) is 12.2 Å². The van der Waals surface area contributed by atoms with Gasteiger partial charge in [0.05, 0.1) is 0 Å². The molecular formula is C9H18N2. The predicted molar refractivity (Wildman–Crippen MR) is 46.3 cm³/mol. The molecule has 2 unspecified atom stereocenters. The first-order chi connectivity index (χ1) is 5.31. The first-order valence-corrected chi connectivity index (χ1v) is 4.77. The van der Waals surface area contributed by atoms with E-state index in [4.69, 9.17) is 5.73 Å². The number of hydrogen-bond donors (Lipinski definition) is 2. The van der Waals surface area contributed by atoms with Crippen molar-refractivity contribution >= 4 is 0 Å². The lowest BCUT2D eigenvalue weighted by Crippen LogP contribution is -2.31. The van der Waals surface area contributed by atoms with Crippen LogP contribution >= 0.6 is 0 Å². The van der Waals surface area contributed by atoms with Crippen molar-refractivity contribution in [2.24, 2.45) is 17.6 Å². The molecule has 2 nitrogen and oxygen atoms in total. The standard InChI is InChI=1S/C9H18N2/c1-6(7-2-3-7)11-9-4-8(9)5-10/h6-9,11H,2-5,10H2,1H3/t6-,8?,9?/m0/s1. The largest absolute Gasteiger partial charge is 0.330 e. The van der Waals surface area contributed by atoms with Crippen molar-refractivity contribution in [3.05, 3.63) is 0 Å². The van der Waals surface area contributed by atoms with E-state index in [0.717, 1.165) is 30.5 Å². The molecule has 2 heteroatoms. The molecule has 3 N–H and O–H groups in total. The Hall–Kier alpha value is -0.0800. The van der Waals surface area contributed by atoms with Gasteiger partial charge in [-0.1, -0.05) is 0 Å². The highest BCUT2D eigenvalue weighted by Gasteiger charge is 2.39. The molecule has 0 saturated heterocycles. The van der Waals surface area contributed by atoms with Crippen molar-refractivity contribution in [2.45, 2.75) is 38.3 Å². The Balaban J connectivity index is 1.66. The average Bonchev–Trinajstić information content (AvgIpc) is 2.84. The van der Waals surface area contributed by atoms with Crippen molar-refractivity contribution in [1.29, 1.82) is 0 Å². The highest BCUT2D eigenvalue weighted by Crippen LogP contribution is 2.36. The van der Waals surface area contributed by atoms with Gasteiger partial charge in [-0.2, -0.15) is 0 Å². The third-order valence-corrected chi connectivity index (χ3v) is 3.03. The molecule has 0 amide bonds. The second kappa shape index (κ2) is 2.76. The second-order valence-corrected chi connectivity index (χ2v) is 4.13. The van der Waals surface area contributed by atoms with Crippen molar-refractivity contribution in [1.82, 2.24) is 5.32 Å². The normalized spacial score (nSPS) is 38.7. The molecule has 3 atom stereocenters. The van der Waals surface area contributed by atoms with Gasteiger partial charge in [0.15, 0.2) is 0 Å². The Morgan fingerprint density at radius 2 is 2.27 bits per heavy atom. The van der Waals surface area contributed by atoms with Crippen LogP contribution in [0.25, 0.3) is 0 Å². The van der Waals surface area contributed by atoms with Crippen molar-refractivity contribution in [2.75, 3.05) is 6.54 Å². The molecule has 0 aromatic carbocycles. The average molecular weight is 154 g/mol. The van der Waals surface area contributed by atoms with Gasteiger partial charge >= 0.3 is 0 Å². The van der Waals surface area contributed by atoms with Crippen LogP contribution in [0.1, 0.15) is 26.2 Å². The van der Waals surface area contributed by atoms with Crippen LogP contribution in [-0.4, -0.2) is 18.6 Å². The third kappa shape index (κ3) is 1.74. The fourth-order valence-electron chi connectivity index (χ4n) is 1.78. The zero-order chi connectivity index (χ0) is 7.84. The minimum atomic E-state index is 0.747. The van der Waals surface area contributed by atoms with Crippen molar-refractivity contribution in [3.8, 4) is 0 Å². The summed E-state index contributed by atoms with van der Waals surface area (Å²) in [5.41, 5.74) is 5.55. The summed E-state index contributed by atoms with van der Waals surface area (Å²) in [5.74, 6) is 1.77. The van der Waals surface area contributed by atoms with Crippen LogP contribution in [0.5, 0.6) is 0 Å². The molecule has 0 heterocycles. The molecule has 11 heavy (non-hydrogen) atoms. The first-order valence-electron chi connectivity index (χ1n) is 4.77. The highest BCUT2D eigenvalue weighted by atomic mass is 15.0. The zero-order valence-corrected chi connectivity index (χ0v) is 7.22. The topological polar surface area (TPSA) is 38.0 Å². The van der Waals surface area contributed by atoms with Crippen LogP contribution in [0.3, 0.4) is 0 Å². The number of nitrogens with two attached hydrogens (primary N) is 1. The van der Waals surface area contributed by atoms with E-state index >= 15 is 0 Å². The van der Waals surface area contributed by atoms with E-state index in [1.807, 2.05) is 0 Å². The SMILES string of the molecule is C[C@H](NC1CC1CN)C1CC1. The molecule has 0 aliphatic heterocycles. The maximum Gasteiger partial charge on any atom is 0.0114 e. The van der Waals surface area contributed by atoms with E-state index in [1.165, 1.54) is 19.3 Å². The Morgan fingerprint density at radius 3 is 2.73 bits per heavy atom. The lowest BCUT2D eigenvalue weighted by molar-refractivity contribution is 0.479. The monoisotopic (exact) mass is 154 g/mol. The smallest absolute Gasteiger partial charge is 0.0114 e. The number of nitrogens with one attached hydrogen (secondary N) is 1. The Bertz CT molecular complexity index is 142. The first kappa shape index (κ1) is 7.56. The lowest BCUT2D eigenvalue weighted by atomic mass is 10.2. The van der Waals surface area contributed by atoms with Crippen LogP contribution < -0.4 is 11.1 Å². The van der Waals surface area contributed by atoms with Crippen molar-refractivity contribution in [3.63, 3.8) is 0 Å². The summed E-state index contributed by atoms with van der Waals surface area (Å²) in [6, 6.07) is 1.51. The molecular weight excluding hydrogens is 136 g/mol. The molecule has 2 aliphatic carbocycles. The van der Waals surface area contributed by atoms with E-state index in [1.54, 1.807) is 0 Å². The quantitative estimate of drug-likeness (QED) is 0.626. The summed E-state index contributed by atoms with van der Waals surface area (Å²) < 4.78 is 0. The van der Waals surface area contributed by atoms with Crippen LogP contribution in [0, 0.1) is 11.8 Å². The fraction of sp³-hybridized carbons (Fsp3) is 1.00. The molecule has 2 aliphatic rings. The van der Waals surface area contributed by atoms with Crippen LogP contribution in [-0.2, 0) is 0 Å². The molecule has 0 bridgehead atoms. The van der Waals surface area contributed by atoms with E-state index < -0.39 is 0 Å². The number of rotatable bonds is 4. The van der Waals surface area contributed by atoms with Crippen LogP contribution in [0.15, 0.2) is 0 Å². The number of hydrogen-bond acceptors (Lipinski definition) is 2. The molecule has 2 fully saturated rings. The Kier molecular flexibility index (Phi) is 1.90. The molecule has 0 aromatic rings. The molecule has 0 spiro atoms. The van der Waals surface area contributed by atoms with Gasteiger partial charge in [-0.05, 0) is 44.6 Å². The molecule has 0 radical (unpaired) electrons. The van der Waals surface area contributed by atoms with Gasteiger partial charge in [0.2, 0.25) is 0 Å². The minimum Gasteiger partial charge on any atom is -0.330 e. The van der Waals surface area contributed by atoms with Crippen LogP contribution in [0.2, 0.25) is 0 Å². The third-order valence-electron chi connectivity index (χ3n) is 3.03. The summed E-state index contributed by atoms with van der Waals surface area (Å²) in [6.45, 7) is 3.18. The second-order valence-electron chi connectivity index (χ2n) is 4.13. The summed E-state index contributed by atoms with van der Waals surface area (Å²) in [7, 11) is 0. The summed E-state index contributed by atoms with van der Waals surface area (Å²) >= 11 is 0. The van der Waals surface area contributed by atoms with Gasteiger partial charge < -0.3 is 11.1 Å². The molecule has 2 saturated carbocycles. The Labute approximate surface area is 68.5 Å². The Morgan fingerprint density at radius 1 is 1.55 bits per heavy atom. The highest BCUT2D eigenvalue weighted by molar-refractivity contribution is 4.97. The molecule has 0 aromatic heterocycles. The van der Waals surface area contributed by atoms with E-state index in [9.17, 15) is 0 Å². The van der Waals surface area contributed by atoms with Crippen molar-refractivity contribution < 1.29 is 0 Å². The fourth-order valence-corrected chi connectivity index (χ4v) is 1.78. The van der Waals surface area contributed by atoms with Gasteiger partial charge in [-0.3, -0.25) is 0 Å². The van der Waals surface area contributed by atoms with Crippen LogP contribution in [0.4, 0.5) is 0 Å². The van der Waals surface area contributed by atoms with E-state index in [-0.39, 0.29) is 0 Å². The van der Waals surface area contributed by atoms with Gasteiger partial charge in [0, 0.05) is 12.1 Å². The molecule has 2 rings (SSSR count). The van der Waals surface area contributed by atoms with Gasteiger partial charge in [0.1, 0.15) is 0 Å². The summed E-state index contributed by atoms with van der Waals surface area (Å²) in [5, 5.41) is 3.64. The predicted octanol–water partition coefficient (Wildman–Crippen LogP) is 0.722. The summed E-state index contributed by atoms with van der Waals surface area (Å²) in [4.78, 5) is 0. The minimum absolute atomic E-state index is 0.747. The van der Waals surface area contributed by atoms with Gasteiger partial charge in [-0.15, -0.1) is 0 Å². The zero-order valence-electron chi connectivity index (χ0n) is 7.22. The summed E-state index contributed by atoms with van der Waals surface area (Å²) in [6.07, 6.45) is 4.19.